The van der Waals surface area contributed by atoms with Crippen LogP contribution < -0.4 is 0 Å². The summed E-state index contributed by atoms with van der Waals surface area (Å²) in [5.74, 6) is -1.50. The molecular formula is C10H14Cl2O6. The zero-order valence-electron chi connectivity index (χ0n) is 9.42. The van der Waals surface area contributed by atoms with Crippen molar-refractivity contribution in [3.8, 4) is 0 Å². The average molecular weight is 301 g/mol. The van der Waals surface area contributed by atoms with Gasteiger partial charge in [-0.2, -0.15) is 0 Å². The summed E-state index contributed by atoms with van der Waals surface area (Å²) in [6.45, 7) is -0.108. The maximum absolute atomic E-state index is 11.0. The van der Waals surface area contributed by atoms with Gasteiger partial charge in [-0.05, 0) is 0 Å². The van der Waals surface area contributed by atoms with E-state index in [1.54, 1.807) is 0 Å². The predicted molar refractivity (Wildman–Crippen MR) is 64.0 cm³/mol. The Kier molecular flexibility index (Phi) is 9.67. The number of aliphatic hydroxyl groups excluding tert-OH is 2. The number of rotatable bonds is 8. The lowest BCUT2D eigenvalue weighted by Crippen LogP contribution is -2.10. The van der Waals surface area contributed by atoms with Crippen LogP contribution in [0.4, 0.5) is 0 Å². The van der Waals surface area contributed by atoms with Crippen LogP contribution in [0.2, 0.25) is 0 Å². The van der Waals surface area contributed by atoms with E-state index < -0.39 is 23.1 Å². The lowest BCUT2D eigenvalue weighted by Gasteiger charge is -2.03. The van der Waals surface area contributed by atoms with Crippen molar-refractivity contribution in [2.24, 2.45) is 0 Å². The van der Waals surface area contributed by atoms with Gasteiger partial charge in [0.05, 0.1) is 13.2 Å². The van der Waals surface area contributed by atoms with Gasteiger partial charge in [-0.1, -0.05) is 23.2 Å². The summed E-state index contributed by atoms with van der Waals surface area (Å²) in [6, 6.07) is 0. The molecule has 0 saturated heterocycles. The minimum atomic E-state index is -1.08. The molecule has 2 unspecified atom stereocenters. The van der Waals surface area contributed by atoms with Gasteiger partial charge in [0.15, 0.2) is 0 Å². The Morgan fingerprint density at radius 1 is 0.944 bits per heavy atom. The maximum Gasteiger partial charge on any atom is 0.331 e. The fourth-order valence-corrected chi connectivity index (χ4v) is 0.924. The molecule has 0 aliphatic carbocycles. The van der Waals surface area contributed by atoms with Crippen LogP contribution in [-0.2, 0) is 19.1 Å². The van der Waals surface area contributed by atoms with E-state index in [0.717, 1.165) is 12.2 Å². The maximum atomic E-state index is 11.0. The predicted octanol–water partition coefficient (Wildman–Crippen LogP) is 0.524. The van der Waals surface area contributed by atoms with Gasteiger partial charge < -0.3 is 19.7 Å². The van der Waals surface area contributed by atoms with E-state index in [0.29, 0.717) is 0 Å². The molecule has 2 atom stereocenters. The summed E-state index contributed by atoms with van der Waals surface area (Å²) >= 11 is 10.4. The fourth-order valence-electron chi connectivity index (χ4n) is 0.746. The van der Waals surface area contributed by atoms with Crippen LogP contribution in [-0.4, -0.2) is 46.5 Å². The molecule has 0 spiro atoms. The minimum Gasteiger partial charge on any atom is -0.462 e. The van der Waals surface area contributed by atoms with Crippen molar-refractivity contribution in [1.29, 1.82) is 0 Å². The Bertz CT molecular complexity index is 262. The molecule has 0 rings (SSSR count). The smallest absolute Gasteiger partial charge is 0.331 e. The summed E-state index contributed by atoms with van der Waals surface area (Å²) in [5, 5.41) is 17.4. The van der Waals surface area contributed by atoms with Crippen molar-refractivity contribution in [1.82, 2.24) is 0 Å². The molecule has 0 aliphatic rings. The van der Waals surface area contributed by atoms with Gasteiger partial charge >= 0.3 is 11.9 Å². The molecule has 18 heavy (non-hydrogen) atoms. The number of halogens is 2. The van der Waals surface area contributed by atoms with Crippen molar-refractivity contribution < 1.29 is 29.3 Å². The minimum absolute atomic E-state index is 0.0542. The highest BCUT2D eigenvalue weighted by Gasteiger charge is 2.04. The number of hydrogen-bond acceptors (Lipinski definition) is 6. The van der Waals surface area contributed by atoms with Gasteiger partial charge in [-0.25, -0.2) is 9.59 Å². The van der Waals surface area contributed by atoms with Gasteiger partial charge in [0.25, 0.3) is 0 Å². The molecular weight excluding hydrogens is 287 g/mol. The highest BCUT2D eigenvalue weighted by atomic mass is 35.5. The third-order valence-electron chi connectivity index (χ3n) is 1.56. The number of esters is 2. The van der Waals surface area contributed by atoms with E-state index in [-0.39, 0.29) is 26.1 Å². The quantitative estimate of drug-likeness (QED) is 0.386. The number of carbonyl (C=O) groups is 2. The third kappa shape index (κ3) is 11.7. The van der Waals surface area contributed by atoms with Crippen LogP contribution >= 0.6 is 23.2 Å². The van der Waals surface area contributed by atoms with Crippen molar-refractivity contribution >= 4 is 35.1 Å². The summed E-state index contributed by atoms with van der Waals surface area (Å²) in [4.78, 5) is 22.0. The second kappa shape index (κ2) is 10.1. The van der Waals surface area contributed by atoms with Crippen LogP contribution in [0.25, 0.3) is 0 Å². The van der Waals surface area contributed by atoms with Crippen molar-refractivity contribution in [2.45, 2.75) is 24.0 Å². The molecule has 0 heterocycles. The van der Waals surface area contributed by atoms with Gasteiger partial charge in [0, 0.05) is 25.0 Å². The Morgan fingerprint density at radius 2 is 1.28 bits per heavy atom. The van der Waals surface area contributed by atoms with Gasteiger partial charge in [-0.3, -0.25) is 0 Å². The second-order valence-corrected chi connectivity index (χ2v) is 4.12. The standard InChI is InChI=1S/C10H14Cl2O6/c11-7(13)3-5-17-9(15)1-2-10(16)18-6-4-8(12)14/h1-2,7-8,13-14H,3-6H2/b2-1-. The van der Waals surface area contributed by atoms with Gasteiger partial charge in [0.1, 0.15) is 11.1 Å². The average Bonchev–Trinajstić information content (AvgIpc) is 2.25. The summed E-state index contributed by atoms with van der Waals surface area (Å²) in [5.41, 5.74) is -2.15. The molecule has 104 valence electrons. The SMILES string of the molecule is O=C(/C=C\C(=O)OCCC(O)Cl)OCCC(O)Cl. The number of carbonyl (C=O) groups excluding carboxylic acids is 2. The largest absolute Gasteiger partial charge is 0.462 e. The molecule has 0 bridgehead atoms. The monoisotopic (exact) mass is 300 g/mol. The van der Waals surface area contributed by atoms with Crippen LogP contribution in [0.1, 0.15) is 12.8 Å². The molecule has 8 heteroatoms. The first kappa shape index (κ1) is 17.2. The van der Waals surface area contributed by atoms with Crippen molar-refractivity contribution in [3.05, 3.63) is 12.2 Å². The van der Waals surface area contributed by atoms with Crippen LogP contribution in [0, 0.1) is 0 Å². The van der Waals surface area contributed by atoms with Gasteiger partial charge in [-0.15, -0.1) is 0 Å². The van der Waals surface area contributed by atoms with E-state index in [1.807, 2.05) is 0 Å². The second-order valence-electron chi connectivity index (χ2n) is 3.11. The topological polar surface area (TPSA) is 93.1 Å². The Labute approximate surface area is 114 Å². The van der Waals surface area contributed by atoms with Crippen molar-refractivity contribution in [3.63, 3.8) is 0 Å². The van der Waals surface area contributed by atoms with Crippen LogP contribution in [0.3, 0.4) is 0 Å². The van der Waals surface area contributed by atoms with Gasteiger partial charge in [0.2, 0.25) is 0 Å². The van der Waals surface area contributed by atoms with Crippen molar-refractivity contribution in [2.75, 3.05) is 13.2 Å². The molecule has 0 aromatic rings. The van der Waals surface area contributed by atoms with E-state index in [2.05, 4.69) is 9.47 Å². The molecule has 0 aromatic carbocycles. The Hall–Kier alpha value is -0.820. The lowest BCUT2D eigenvalue weighted by molar-refractivity contribution is -0.140. The highest BCUT2D eigenvalue weighted by Crippen LogP contribution is 1.98. The van der Waals surface area contributed by atoms with E-state index in [1.165, 1.54) is 0 Å². The summed E-state index contributed by atoms with van der Waals surface area (Å²) in [7, 11) is 0. The first-order valence-electron chi connectivity index (χ1n) is 5.07. The molecule has 2 N–H and O–H groups in total. The number of alkyl halides is 2. The first-order chi connectivity index (χ1) is 8.41. The zero-order chi connectivity index (χ0) is 14.0. The Morgan fingerprint density at radius 3 is 1.56 bits per heavy atom. The van der Waals surface area contributed by atoms with E-state index in [4.69, 9.17) is 33.4 Å². The third-order valence-corrected chi connectivity index (χ3v) is 1.99. The van der Waals surface area contributed by atoms with Crippen LogP contribution in [0.15, 0.2) is 12.2 Å². The molecule has 0 aromatic heterocycles. The Balaban J connectivity index is 3.71. The first-order valence-corrected chi connectivity index (χ1v) is 5.95. The highest BCUT2D eigenvalue weighted by molar-refractivity contribution is 6.19. The van der Waals surface area contributed by atoms with E-state index in [9.17, 15) is 9.59 Å². The van der Waals surface area contributed by atoms with E-state index >= 15 is 0 Å². The number of ether oxygens (including phenoxy) is 2. The molecule has 6 nitrogen and oxygen atoms in total. The fraction of sp³-hybridized carbons (Fsp3) is 0.600. The van der Waals surface area contributed by atoms with Crippen LogP contribution in [0.5, 0.6) is 0 Å². The number of aliphatic hydroxyl groups is 2. The summed E-state index contributed by atoms with van der Waals surface area (Å²) in [6.07, 6.45) is 1.97. The normalized spacial score (nSPS) is 14.2. The number of hydrogen-bond donors (Lipinski definition) is 2. The molecule has 0 aliphatic heterocycles. The molecule has 0 fully saturated rings. The zero-order valence-corrected chi connectivity index (χ0v) is 10.9. The summed E-state index contributed by atoms with van der Waals surface area (Å²) < 4.78 is 9.21. The lowest BCUT2D eigenvalue weighted by atomic mass is 10.4. The molecule has 0 amide bonds. The molecule has 0 radical (unpaired) electrons. The molecule has 0 saturated carbocycles.